The molecule has 1 aromatic carbocycles. The van der Waals surface area contributed by atoms with Gasteiger partial charge in [-0.1, -0.05) is 6.08 Å². The quantitative estimate of drug-likeness (QED) is 0.681. The first-order valence-corrected chi connectivity index (χ1v) is 4.75. The number of carbonyl (C=O) groups excluding carboxylic acids is 1. The van der Waals surface area contributed by atoms with Gasteiger partial charge in [0, 0.05) is 12.6 Å². The minimum atomic E-state index is -1.23. The molecule has 1 aromatic rings. The van der Waals surface area contributed by atoms with Gasteiger partial charge in [-0.3, -0.25) is 4.79 Å². The average molecular weight is 238 g/mol. The van der Waals surface area contributed by atoms with E-state index >= 15 is 0 Å². The maximum absolute atomic E-state index is 13.4. The Balaban J connectivity index is 2.83. The molecule has 0 spiro atoms. The molecule has 0 bridgehead atoms. The van der Waals surface area contributed by atoms with Crippen molar-refractivity contribution in [2.45, 2.75) is 0 Å². The number of anilines is 1. The molecule has 0 heterocycles. The van der Waals surface area contributed by atoms with E-state index in [1.54, 1.807) is 0 Å². The smallest absolute Gasteiger partial charge is 0.335 e. The maximum atomic E-state index is 13.4. The van der Waals surface area contributed by atoms with E-state index in [1.165, 1.54) is 24.3 Å². The molecule has 0 fully saturated rings. The Kier molecular flexibility index (Phi) is 4.36. The van der Waals surface area contributed by atoms with Crippen molar-refractivity contribution in [1.29, 1.82) is 0 Å². The van der Waals surface area contributed by atoms with Gasteiger partial charge in [0.25, 0.3) is 0 Å². The van der Waals surface area contributed by atoms with Crippen molar-refractivity contribution < 1.29 is 19.1 Å². The third-order valence-corrected chi connectivity index (χ3v) is 1.88. The molecule has 6 heteroatoms. The van der Waals surface area contributed by atoms with Crippen LogP contribution in [0.15, 0.2) is 30.4 Å². The van der Waals surface area contributed by atoms with E-state index in [0.29, 0.717) is 0 Å². The molecular weight excluding hydrogens is 227 g/mol. The molecule has 0 radical (unpaired) electrons. The minimum Gasteiger partial charge on any atom is -0.478 e. The molecule has 0 aliphatic heterocycles. The number of nitrogens with one attached hydrogen (secondary N) is 1. The number of hydrogen-bond donors (Lipinski definition) is 3. The molecule has 4 N–H and O–H groups in total. The molecule has 0 aliphatic rings. The van der Waals surface area contributed by atoms with Crippen LogP contribution in [0.25, 0.3) is 0 Å². The van der Waals surface area contributed by atoms with Gasteiger partial charge in [-0.25, -0.2) is 9.18 Å². The van der Waals surface area contributed by atoms with Gasteiger partial charge in [-0.15, -0.1) is 0 Å². The molecular formula is C11H11FN2O3. The first kappa shape index (κ1) is 12.9. The van der Waals surface area contributed by atoms with Crippen molar-refractivity contribution in [2.75, 3.05) is 11.9 Å². The van der Waals surface area contributed by atoms with Crippen LogP contribution in [-0.4, -0.2) is 23.5 Å². The molecule has 17 heavy (non-hydrogen) atoms. The van der Waals surface area contributed by atoms with Crippen molar-refractivity contribution in [2.24, 2.45) is 5.73 Å². The topological polar surface area (TPSA) is 92.4 Å². The Morgan fingerprint density at radius 1 is 1.47 bits per heavy atom. The number of nitrogens with two attached hydrogens (primary N) is 1. The fraction of sp³-hybridized carbons (Fsp3) is 0.0909. The normalized spacial score (nSPS) is 10.5. The van der Waals surface area contributed by atoms with Crippen molar-refractivity contribution in [1.82, 2.24) is 0 Å². The molecule has 0 aliphatic carbocycles. The van der Waals surface area contributed by atoms with Gasteiger partial charge in [0.1, 0.15) is 5.82 Å². The van der Waals surface area contributed by atoms with Gasteiger partial charge < -0.3 is 16.2 Å². The first-order valence-electron chi connectivity index (χ1n) is 4.75. The summed E-state index contributed by atoms with van der Waals surface area (Å²) >= 11 is 0. The van der Waals surface area contributed by atoms with E-state index in [2.05, 4.69) is 5.32 Å². The zero-order valence-electron chi connectivity index (χ0n) is 8.81. The Morgan fingerprint density at radius 3 is 2.71 bits per heavy atom. The summed E-state index contributed by atoms with van der Waals surface area (Å²) in [7, 11) is 0. The number of rotatable bonds is 4. The summed E-state index contributed by atoms with van der Waals surface area (Å²) in [4.78, 5) is 21.8. The Hall–Kier alpha value is -2.21. The van der Waals surface area contributed by atoms with Crippen LogP contribution >= 0.6 is 0 Å². The van der Waals surface area contributed by atoms with Crippen LogP contribution < -0.4 is 11.1 Å². The second-order valence-electron chi connectivity index (χ2n) is 3.13. The standard InChI is InChI=1S/C11H11FN2O3/c12-8-6-7(11(16)17)3-4-9(8)14-10(15)2-1-5-13/h1-4,6H,5,13H2,(H,14,15)(H,16,17)/b2-1+. The average Bonchev–Trinajstić information content (AvgIpc) is 2.28. The lowest BCUT2D eigenvalue weighted by Gasteiger charge is -2.04. The van der Waals surface area contributed by atoms with Gasteiger partial charge >= 0.3 is 5.97 Å². The number of carbonyl (C=O) groups is 2. The van der Waals surface area contributed by atoms with Crippen LogP contribution in [0, 0.1) is 5.82 Å². The van der Waals surface area contributed by atoms with Crippen LogP contribution in [0.2, 0.25) is 0 Å². The second-order valence-corrected chi connectivity index (χ2v) is 3.13. The van der Waals surface area contributed by atoms with E-state index in [0.717, 1.165) is 6.07 Å². The van der Waals surface area contributed by atoms with E-state index < -0.39 is 17.7 Å². The number of amides is 1. The predicted octanol–water partition coefficient (Wildman–Crippen LogP) is 0.977. The number of halogens is 1. The summed E-state index contributed by atoms with van der Waals surface area (Å²) in [6.45, 7) is 0.202. The largest absolute Gasteiger partial charge is 0.478 e. The molecule has 5 nitrogen and oxygen atoms in total. The van der Waals surface area contributed by atoms with Gasteiger partial charge in [-0.2, -0.15) is 0 Å². The Morgan fingerprint density at radius 2 is 2.18 bits per heavy atom. The lowest BCUT2D eigenvalue weighted by molar-refractivity contribution is -0.111. The summed E-state index contributed by atoms with van der Waals surface area (Å²) < 4.78 is 13.4. The van der Waals surface area contributed by atoms with Crippen LogP contribution in [0.4, 0.5) is 10.1 Å². The van der Waals surface area contributed by atoms with Crippen LogP contribution in [0.5, 0.6) is 0 Å². The lowest BCUT2D eigenvalue weighted by Crippen LogP contribution is -2.10. The summed E-state index contributed by atoms with van der Waals surface area (Å²) in [6, 6.07) is 3.23. The number of hydrogen-bond acceptors (Lipinski definition) is 3. The van der Waals surface area contributed by atoms with E-state index in [4.69, 9.17) is 10.8 Å². The van der Waals surface area contributed by atoms with Crippen molar-refractivity contribution in [3.05, 3.63) is 41.7 Å². The second kappa shape index (κ2) is 5.76. The SMILES string of the molecule is NC/C=C/C(=O)Nc1ccc(C(=O)O)cc1F. The first-order chi connectivity index (χ1) is 8.04. The fourth-order valence-corrected chi connectivity index (χ4v) is 1.10. The van der Waals surface area contributed by atoms with Gasteiger partial charge in [0.15, 0.2) is 0 Å². The summed E-state index contributed by atoms with van der Waals surface area (Å²) in [5.41, 5.74) is 4.88. The summed E-state index contributed by atoms with van der Waals surface area (Å²) in [6.07, 6.45) is 2.59. The number of benzene rings is 1. The van der Waals surface area contributed by atoms with Gasteiger partial charge in [-0.05, 0) is 18.2 Å². The van der Waals surface area contributed by atoms with Gasteiger partial charge in [0.05, 0.1) is 11.3 Å². The molecule has 90 valence electrons. The lowest BCUT2D eigenvalue weighted by atomic mass is 10.2. The van der Waals surface area contributed by atoms with E-state index in [9.17, 15) is 14.0 Å². The van der Waals surface area contributed by atoms with E-state index in [-0.39, 0.29) is 17.8 Å². The van der Waals surface area contributed by atoms with Crippen LogP contribution in [0.3, 0.4) is 0 Å². The van der Waals surface area contributed by atoms with Crippen molar-refractivity contribution in [3.8, 4) is 0 Å². The monoisotopic (exact) mass is 238 g/mol. The highest BCUT2D eigenvalue weighted by atomic mass is 19.1. The van der Waals surface area contributed by atoms with Crippen molar-refractivity contribution >= 4 is 17.6 Å². The van der Waals surface area contributed by atoms with Gasteiger partial charge in [0.2, 0.25) is 5.91 Å². The highest BCUT2D eigenvalue weighted by Crippen LogP contribution is 2.15. The summed E-state index contributed by atoms with van der Waals surface area (Å²) in [5.74, 6) is -2.57. The molecule has 0 unspecified atom stereocenters. The molecule has 0 saturated heterocycles. The Labute approximate surface area is 96.7 Å². The molecule has 1 rings (SSSR count). The third kappa shape index (κ3) is 3.69. The zero-order chi connectivity index (χ0) is 12.8. The highest BCUT2D eigenvalue weighted by Gasteiger charge is 2.09. The molecule has 0 atom stereocenters. The number of carboxylic acid groups (broad SMARTS) is 1. The van der Waals surface area contributed by atoms with Crippen LogP contribution in [-0.2, 0) is 4.79 Å². The fourth-order valence-electron chi connectivity index (χ4n) is 1.10. The third-order valence-electron chi connectivity index (χ3n) is 1.88. The molecule has 0 aromatic heterocycles. The molecule has 1 amide bonds. The number of carboxylic acids is 1. The Bertz CT molecular complexity index is 472. The predicted molar refractivity (Wildman–Crippen MR) is 60.2 cm³/mol. The minimum absolute atomic E-state index is 0.0818. The number of aromatic carboxylic acids is 1. The molecule has 0 saturated carbocycles. The maximum Gasteiger partial charge on any atom is 0.335 e. The zero-order valence-corrected chi connectivity index (χ0v) is 8.81. The van der Waals surface area contributed by atoms with E-state index in [1.807, 2.05) is 0 Å². The van der Waals surface area contributed by atoms with Crippen molar-refractivity contribution in [3.63, 3.8) is 0 Å². The van der Waals surface area contributed by atoms with Crippen LogP contribution in [0.1, 0.15) is 10.4 Å². The summed E-state index contributed by atoms with van der Waals surface area (Å²) in [5, 5.41) is 10.9. The highest BCUT2D eigenvalue weighted by molar-refractivity contribution is 5.99.